The molecular weight excluding hydrogens is 433 g/mol. The van der Waals surface area contributed by atoms with Gasteiger partial charge in [-0.05, 0) is 32.9 Å². The van der Waals surface area contributed by atoms with Crippen molar-refractivity contribution < 1.29 is 9.26 Å². The zero-order chi connectivity index (χ0) is 17.2. The van der Waals surface area contributed by atoms with Crippen molar-refractivity contribution in [1.82, 2.24) is 20.8 Å². The fraction of sp³-hybridized carbons (Fsp3) is 0.471. The van der Waals surface area contributed by atoms with Crippen molar-refractivity contribution in [2.24, 2.45) is 4.99 Å². The molecule has 2 aromatic rings. The maximum Gasteiger partial charge on any atom is 0.228 e. The highest BCUT2D eigenvalue weighted by Gasteiger charge is 2.02. The number of benzene rings is 1. The summed E-state index contributed by atoms with van der Waals surface area (Å²) >= 11 is 0. The van der Waals surface area contributed by atoms with Crippen molar-refractivity contribution in [3.05, 3.63) is 41.5 Å². The summed E-state index contributed by atoms with van der Waals surface area (Å²) in [6.45, 7) is 8.49. The second-order valence-corrected chi connectivity index (χ2v) is 5.33. The van der Waals surface area contributed by atoms with Crippen LogP contribution in [0.2, 0.25) is 0 Å². The summed E-state index contributed by atoms with van der Waals surface area (Å²) in [7, 11) is 0. The Morgan fingerprint density at radius 1 is 1.20 bits per heavy atom. The quantitative estimate of drug-likeness (QED) is 0.273. The van der Waals surface area contributed by atoms with Crippen LogP contribution < -0.4 is 15.4 Å². The number of halogens is 1. The van der Waals surface area contributed by atoms with E-state index in [-0.39, 0.29) is 24.0 Å². The van der Waals surface area contributed by atoms with Crippen molar-refractivity contribution in [3.8, 4) is 5.75 Å². The van der Waals surface area contributed by atoms with Crippen molar-refractivity contribution in [1.29, 1.82) is 0 Å². The molecular formula is C17H26IN5O2. The van der Waals surface area contributed by atoms with E-state index in [1.807, 2.05) is 31.2 Å². The number of aliphatic imine (C=N–C) groups is 1. The van der Waals surface area contributed by atoms with E-state index < -0.39 is 0 Å². The number of hydrogen-bond donors (Lipinski definition) is 2. The topological polar surface area (TPSA) is 84.6 Å². The van der Waals surface area contributed by atoms with Crippen molar-refractivity contribution >= 4 is 29.9 Å². The molecule has 1 heterocycles. The third-order valence-electron chi connectivity index (χ3n) is 3.19. The second-order valence-electron chi connectivity index (χ2n) is 5.33. The highest BCUT2D eigenvalue weighted by molar-refractivity contribution is 14.0. The highest BCUT2D eigenvalue weighted by Crippen LogP contribution is 2.10. The van der Waals surface area contributed by atoms with E-state index in [0.717, 1.165) is 18.3 Å². The van der Waals surface area contributed by atoms with Gasteiger partial charge in [0.05, 0.1) is 13.1 Å². The summed E-state index contributed by atoms with van der Waals surface area (Å²) in [5.74, 6) is 2.87. The summed E-state index contributed by atoms with van der Waals surface area (Å²) < 4.78 is 10.8. The molecule has 0 aliphatic carbocycles. The number of hydrogen-bond acceptors (Lipinski definition) is 5. The predicted molar refractivity (Wildman–Crippen MR) is 109 cm³/mol. The van der Waals surface area contributed by atoms with Crippen molar-refractivity contribution in [3.63, 3.8) is 0 Å². The van der Waals surface area contributed by atoms with Crippen LogP contribution in [0, 0.1) is 13.8 Å². The number of aromatic nitrogens is 2. The number of nitrogens with zero attached hydrogens (tertiary/aromatic N) is 3. The van der Waals surface area contributed by atoms with E-state index in [0.29, 0.717) is 37.8 Å². The zero-order valence-corrected chi connectivity index (χ0v) is 17.2. The van der Waals surface area contributed by atoms with Crippen molar-refractivity contribution in [2.45, 2.75) is 27.2 Å². The Labute approximate surface area is 165 Å². The van der Waals surface area contributed by atoms with Crippen molar-refractivity contribution in [2.75, 3.05) is 26.2 Å². The number of nitrogens with one attached hydrogen (secondary N) is 2. The van der Waals surface area contributed by atoms with Gasteiger partial charge in [-0.15, -0.1) is 24.0 Å². The van der Waals surface area contributed by atoms with Crippen LogP contribution in [-0.2, 0) is 6.42 Å². The maximum absolute atomic E-state index is 5.69. The van der Waals surface area contributed by atoms with Crippen LogP contribution in [0.3, 0.4) is 0 Å². The molecule has 0 spiro atoms. The molecule has 2 rings (SSSR count). The minimum atomic E-state index is 0. The minimum Gasteiger partial charge on any atom is -0.492 e. The Kier molecular flexibility index (Phi) is 9.90. The summed E-state index contributed by atoms with van der Waals surface area (Å²) in [6, 6.07) is 8.02. The predicted octanol–water partition coefficient (Wildman–Crippen LogP) is 2.48. The van der Waals surface area contributed by atoms with E-state index in [1.54, 1.807) is 6.92 Å². The second kappa shape index (κ2) is 11.7. The molecule has 0 atom stereocenters. The first-order valence-corrected chi connectivity index (χ1v) is 8.18. The molecule has 1 aromatic heterocycles. The maximum atomic E-state index is 5.69. The van der Waals surface area contributed by atoms with E-state index in [2.05, 4.69) is 32.7 Å². The van der Waals surface area contributed by atoms with Crippen LogP contribution in [0.15, 0.2) is 33.8 Å². The van der Waals surface area contributed by atoms with Gasteiger partial charge in [0.1, 0.15) is 12.4 Å². The molecule has 0 fully saturated rings. The van der Waals surface area contributed by atoms with E-state index in [4.69, 9.17) is 9.26 Å². The molecule has 2 N–H and O–H groups in total. The number of aryl methyl sites for hydroxylation is 2. The Morgan fingerprint density at radius 3 is 2.60 bits per heavy atom. The van der Waals surface area contributed by atoms with Gasteiger partial charge < -0.3 is 19.9 Å². The van der Waals surface area contributed by atoms with Crippen LogP contribution in [0.4, 0.5) is 0 Å². The molecule has 0 aliphatic heterocycles. The van der Waals surface area contributed by atoms with Gasteiger partial charge in [-0.25, -0.2) is 0 Å². The third kappa shape index (κ3) is 8.19. The first kappa shape index (κ1) is 21.2. The molecule has 0 unspecified atom stereocenters. The van der Waals surface area contributed by atoms with Crippen LogP contribution in [-0.4, -0.2) is 42.3 Å². The summed E-state index contributed by atoms with van der Waals surface area (Å²) in [5.41, 5.74) is 1.22. The normalized spacial score (nSPS) is 10.9. The molecule has 0 aliphatic rings. The number of ether oxygens (including phenoxy) is 1. The molecule has 0 saturated heterocycles. The van der Waals surface area contributed by atoms with Gasteiger partial charge in [-0.3, -0.25) is 4.99 Å². The van der Waals surface area contributed by atoms with Gasteiger partial charge in [0.25, 0.3) is 0 Å². The van der Waals surface area contributed by atoms with Gasteiger partial charge in [-0.2, -0.15) is 4.98 Å². The molecule has 1 aromatic carbocycles. The lowest BCUT2D eigenvalue weighted by Gasteiger charge is -2.12. The summed E-state index contributed by atoms with van der Waals surface area (Å²) in [4.78, 5) is 8.65. The lowest BCUT2D eigenvalue weighted by molar-refractivity contribution is 0.322. The van der Waals surface area contributed by atoms with E-state index in [1.165, 1.54) is 5.56 Å². The molecule has 0 amide bonds. The molecule has 0 saturated carbocycles. The Balaban J connectivity index is 0.00000312. The zero-order valence-electron chi connectivity index (χ0n) is 14.9. The minimum absolute atomic E-state index is 0. The van der Waals surface area contributed by atoms with Gasteiger partial charge in [-0.1, -0.05) is 22.9 Å². The van der Waals surface area contributed by atoms with Crippen LogP contribution >= 0.6 is 24.0 Å². The van der Waals surface area contributed by atoms with Gasteiger partial charge >= 0.3 is 0 Å². The van der Waals surface area contributed by atoms with Crippen LogP contribution in [0.1, 0.15) is 24.2 Å². The lowest BCUT2D eigenvalue weighted by atomic mass is 10.2. The fourth-order valence-electron chi connectivity index (χ4n) is 2.02. The Hall–Kier alpha value is -1.84. The highest BCUT2D eigenvalue weighted by atomic mass is 127. The first-order chi connectivity index (χ1) is 11.7. The largest absolute Gasteiger partial charge is 0.492 e. The standard InChI is InChI=1S/C17H25N5O2.HI/c1-4-18-17(19-10-9-16-21-14(3)22-24-16)20-11-12-23-15-7-5-13(2)6-8-15;/h5-8H,4,9-12H2,1-3H3,(H2,18,19,20);1H. The average molecular weight is 459 g/mol. The van der Waals surface area contributed by atoms with E-state index in [9.17, 15) is 0 Å². The monoisotopic (exact) mass is 459 g/mol. The fourth-order valence-corrected chi connectivity index (χ4v) is 2.02. The molecule has 0 bridgehead atoms. The molecule has 138 valence electrons. The first-order valence-electron chi connectivity index (χ1n) is 8.18. The van der Waals surface area contributed by atoms with Crippen LogP contribution in [0.5, 0.6) is 5.75 Å². The SMILES string of the molecule is CCNC(=NCCc1nc(C)no1)NCCOc1ccc(C)cc1.I. The lowest BCUT2D eigenvalue weighted by Crippen LogP contribution is -2.39. The summed E-state index contributed by atoms with van der Waals surface area (Å²) in [6.07, 6.45) is 0.622. The number of guanidine groups is 1. The number of rotatable bonds is 8. The van der Waals surface area contributed by atoms with Gasteiger partial charge in [0.2, 0.25) is 5.89 Å². The van der Waals surface area contributed by atoms with Gasteiger partial charge in [0, 0.05) is 13.0 Å². The molecule has 8 heteroatoms. The molecule has 0 radical (unpaired) electrons. The van der Waals surface area contributed by atoms with Gasteiger partial charge in [0.15, 0.2) is 11.8 Å². The average Bonchev–Trinajstić information content (AvgIpc) is 2.98. The smallest absolute Gasteiger partial charge is 0.228 e. The third-order valence-corrected chi connectivity index (χ3v) is 3.19. The van der Waals surface area contributed by atoms with Crippen LogP contribution in [0.25, 0.3) is 0 Å². The summed E-state index contributed by atoms with van der Waals surface area (Å²) in [5, 5.41) is 10.2. The molecule has 7 nitrogen and oxygen atoms in total. The van der Waals surface area contributed by atoms with E-state index >= 15 is 0 Å². The molecule has 25 heavy (non-hydrogen) atoms. The Morgan fingerprint density at radius 2 is 1.96 bits per heavy atom. The Bertz CT molecular complexity index is 643.